The minimum Gasteiger partial charge on any atom is -0.408 e. The molecule has 2 rings (SSSR count). The number of hydrogen-bond donors (Lipinski definition) is 2. The minimum absolute atomic E-state index is 0.0371. The first-order valence-electron chi connectivity index (χ1n) is 5.56. The van der Waals surface area contributed by atoms with Crippen molar-refractivity contribution in [1.82, 2.24) is 10.2 Å². The first-order chi connectivity index (χ1) is 9.40. The first kappa shape index (κ1) is 14.6. The van der Waals surface area contributed by atoms with Crippen molar-refractivity contribution in [2.24, 2.45) is 5.73 Å². The molecule has 9 heteroatoms. The van der Waals surface area contributed by atoms with Crippen LogP contribution in [0.15, 0.2) is 22.6 Å². The molecule has 0 bridgehead atoms. The van der Waals surface area contributed by atoms with Crippen molar-refractivity contribution in [1.29, 1.82) is 0 Å². The van der Waals surface area contributed by atoms with E-state index in [0.29, 0.717) is 18.9 Å². The van der Waals surface area contributed by atoms with Gasteiger partial charge >= 0.3 is 12.2 Å². The van der Waals surface area contributed by atoms with Gasteiger partial charge in [-0.2, -0.15) is 13.2 Å². The molecule has 0 spiro atoms. The highest BCUT2D eigenvalue weighted by Crippen LogP contribution is 2.34. The Morgan fingerprint density at radius 1 is 1.30 bits per heavy atom. The van der Waals surface area contributed by atoms with E-state index in [1.165, 1.54) is 6.07 Å². The predicted molar refractivity (Wildman–Crippen MR) is 66.8 cm³/mol. The van der Waals surface area contributed by atoms with Gasteiger partial charge in [-0.05, 0) is 18.2 Å². The molecule has 108 valence electrons. The van der Waals surface area contributed by atoms with Gasteiger partial charge in [-0.15, -0.1) is 5.10 Å². The molecule has 0 aliphatic heterocycles. The number of alkyl halides is 3. The van der Waals surface area contributed by atoms with Crippen molar-refractivity contribution >= 4 is 23.3 Å². The summed E-state index contributed by atoms with van der Waals surface area (Å²) in [6.07, 6.45) is -4.03. The van der Waals surface area contributed by atoms with E-state index in [0.717, 1.165) is 12.1 Å². The van der Waals surface area contributed by atoms with E-state index in [9.17, 15) is 13.2 Å². The van der Waals surface area contributed by atoms with Crippen molar-refractivity contribution in [3.8, 4) is 0 Å². The highest BCUT2D eigenvalue weighted by Gasteiger charge is 2.30. The number of nitrogens with one attached hydrogen (secondary N) is 1. The van der Waals surface area contributed by atoms with Gasteiger partial charge in [0, 0.05) is 13.0 Å². The molecule has 0 atom stereocenters. The second kappa shape index (κ2) is 5.68. The topological polar surface area (TPSA) is 77.0 Å². The Balaban J connectivity index is 2.17. The van der Waals surface area contributed by atoms with Crippen molar-refractivity contribution in [2.75, 3.05) is 11.9 Å². The van der Waals surface area contributed by atoms with Crippen LogP contribution in [0.2, 0.25) is 5.02 Å². The third-order valence-corrected chi connectivity index (χ3v) is 2.68. The maximum Gasteiger partial charge on any atom is 0.416 e. The fourth-order valence-corrected chi connectivity index (χ4v) is 1.66. The molecule has 1 aromatic carbocycles. The predicted octanol–water partition coefficient (Wildman–Crippen LogP) is 2.99. The fraction of sp³-hybridized carbons (Fsp3) is 0.273. The van der Waals surface area contributed by atoms with Crippen LogP contribution in [-0.2, 0) is 12.6 Å². The lowest BCUT2D eigenvalue weighted by molar-refractivity contribution is -0.137. The molecule has 0 fully saturated rings. The van der Waals surface area contributed by atoms with Crippen LogP contribution in [0, 0.1) is 0 Å². The molecule has 0 saturated carbocycles. The maximum absolute atomic E-state index is 12.5. The highest BCUT2D eigenvalue weighted by atomic mass is 35.5. The number of hydrogen-bond acceptors (Lipinski definition) is 5. The largest absolute Gasteiger partial charge is 0.416 e. The van der Waals surface area contributed by atoms with Crippen LogP contribution < -0.4 is 11.1 Å². The number of nitrogens with two attached hydrogens (primary N) is 1. The minimum atomic E-state index is -4.44. The van der Waals surface area contributed by atoms with Crippen LogP contribution >= 0.6 is 11.6 Å². The molecule has 3 N–H and O–H groups in total. The summed E-state index contributed by atoms with van der Waals surface area (Å²) in [6.45, 7) is 0.350. The lowest BCUT2D eigenvalue weighted by Crippen LogP contribution is -2.05. The Bertz CT molecular complexity index is 600. The lowest BCUT2D eigenvalue weighted by atomic mass is 10.2. The quantitative estimate of drug-likeness (QED) is 0.908. The van der Waals surface area contributed by atoms with E-state index in [4.69, 9.17) is 21.8 Å². The van der Waals surface area contributed by atoms with Crippen LogP contribution in [0.3, 0.4) is 0 Å². The van der Waals surface area contributed by atoms with Crippen LogP contribution in [0.1, 0.15) is 11.5 Å². The first-order valence-corrected chi connectivity index (χ1v) is 5.94. The second-order valence-corrected chi connectivity index (χ2v) is 4.26. The molecule has 20 heavy (non-hydrogen) atoms. The van der Waals surface area contributed by atoms with Gasteiger partial charge in [0.1, 0.15) is 0 Å². The average molecular weight is 307 g/mol. The number of benzene rings is 1. The van der Waals surface area contributed by atoms with Gasteiger partial charge in [0.25, 0.3) is 0 Å². The van der Waals surface area contributed by atoms with Crippen molar-refractivity contribution in [3.63, 3.8) is 0 Å². The monoisotopic (exact) mass is 306 g/mol. The van der Waals surface area contributed by atoms with Crippen LogP contribution in [0.5, 0.6) is 0 Å². The third kappa shape index (κ3) is 3.40. The van der Waals surface area contributed by atoms with E-state index < -0.39 is 11.7 Å². The Hall–Kier alpha value is -1.80. The molecular weight excluding hydrogens is 297 g/mol. The lowest BCUT2D eigenvalue weighted by Gasteiger charge is -2.09. The van der Waals surface area contributed by atoms with Crippen LogP contribution in [0.25, 0.3) is 0 Å². The maximum atomic E-state index is 12.5. The molecule has 0 unspecified atom stereocenters. The van der Waals surface area contributed by atoms with Crippen LogP contribution in [-0.4, -0.2) is 16.7 Å². The SMILES string of the molecule is NCCc1nnc(Nc2ccc(C(F)(F)F)cc2Cl)o1. The standard InChI is InChI=1S/C11H10ClF3N4O/c12-7-5-6(11(13,14)15)1-2-8(7)17-10-19-18-9(20-10)3-4-16/h1-2,5H,3-4,16H2,(H,17,19). The molecule has 1 heterocycles. The van der Waals surface area contributed by atoms with Crippen molar-refractivity contribution in [2.45, 2.75) is 12.6 Å². The average Bonchev–Trinajstić information content (AvgIpc) is 2.78. The summed E-state index contributed by atoms with van der Waals surface area (Å²) >= 11 is 5.78. The van der Waals surface area contributed by atoms with Gasteiger partial charge in [0.05, 0.1) is 16.3 Å². The summed E-state index contributed by atoms with van der Waals surface area (Å²) in [6, 6.07) is 2.96. The van der Waals surface area contributed by atoms with Gasteiger partial charge in [-0.25, -0.2) is 0 Å². The van der Waals surface area contributed by atoms with E-state index in [1.807, 2.05) is 0 Å². The summed E-state index contributed by atoms with van der Waals surface area (Å²) < 4.78 is 42.6. The highest BCUT2D eigenvalue weighted by molar-refractivity contribution is 6.33. The zero-order valence-corrected chi connectivity index (χ0v) is 10.8. The zero-order chi connectivity index (χ0) is 14.8. The van der Waals surface area contributed by atoms with E-state index >= 15 is 0 Å². The Labute approximate surface area is 116 Å². The van der Waals surface area contributed by atoms with E-state index in [1.54, 1.807) is 0 Å². The molecule has 1 aromatic heterocycles. The van der Waals surface area contributed by atoms with Gasteiger partial charge in [-0.3, -0.25) is 0 Å². The van der Waals surface area contributed by atoms with Gasteiger partial charge in [0.15, 0.2) is 0 Å². The molecule has 0 aliphatic carbocycles. The van der Waals surface area contributed by atoms with Gasteiger partial charge < -0.3 is 15.5 Å². The number of halogens is 4. The molecule has 0 amide bonds. The van der Waals surface area contributed by atoms with Gasteiger partial charge in [-0.1, -0.05) is 16.7 Å². The van der Waals surface area contributed by atoms with E-state index in [2.05, 4.69) is 15.5 Å². The smallest absolute Gasteiger partial charge is 0.408 e. The van der Waals surface area contributed by atoms with E-state index in [-0.39, 0.29) is 16.7 Å². The number of nitrogens with zero attached hydrogens (tertiary/aromatic N) is 2. The summed E-state index contributed by atoms with van der Waals surface area (Å²) in [5, 5.41) is 9.94. The number of anilines is 2. The molecule has 5 nitrogen and oxygen atoms in total. The second-order valence-electron chi connectivity index (χ2n) is 3.86. The van der Waals surface area contributed by atoms with Crippen molar-refractivity contribution < 1.29 is 17.6 Å². The Morgan fingerprint density at radius 2 is 2.05 bits per heavy atom. The normalized spacial score (nSPS) is 11.7. The zero-order valence-electron chi connectivity index (χ0n) is 10.0. The van der Waals surface area contributed by atoms with Crippen LogP contribution in [0.4, 0.5) is 24.9 Å². The Morgan fingerprint density at radius 3 is 2.65 bits per heavy atom. The Kier molecular flexibility index (Phi) is 4.15. The number of rotatable bonds is 4. The third-order valence-electron chi connectivity index (χ3n) is 2.36. The molecule has 2 aromatic rings. The molecular formula is C11H10ClF3N4O. The molecule has 0 saturated heterocycles. The number of aromatic nitrogens is 2. The molecule has 0 aliphatic rings. The summed E-state index contributed by atoms with van der Waals surface area (Å²) in [5.74, 6) is 0.332. The fourth-order valence-electron chi connectivity index (χ4n) is 1.44. The van der Waals surface area contributed by atoms with Gasteiger partial charge in [0.2, 0.25) is 5.89 Å². The molecule has 0 radical (unpaired) electrons. The summed E-state index contributed by atoms with van der Waals surface area (Å²) in [5.41, 5.74) is 4.74. The summed E-state index contributed by atoms with van der Waals surface area (Å²) in [7, 11) is 0. The van der Waals surface area contributed by atoms with Crippen molar-refractivity contribution in [3.05, 3.63) is 34.7 Å². The summed E-state index contributed by atoms with van der Waals surface area (Å²) in [4.78, 5) is 0.